The van der Waals surface area contributed by atoms with Crippen LogP contribution < -0.4 is 10.6 Å². The highest BCUT2D eigenvalue weighted by Gasteiger charge is 2.52. The summed E-state index contributed by atoms with van der Waals surface area (Å²) in [5.74, 6) is -0.850. The fourth-order valence-corrected chi connectivity index (χ4v) is 8.98. The van der Waals surface area contributed by atoms with Gasteiger partial charge in [-0.3, -0.25) is 9.59 Å². The number of rotatable bonds is 14. The average molecular weight is 799 g/mol. The van der Waals surface area contributed by atoms with Gasteiger partial charge in [-0.2, -0.15) is 0 Å². The average Bonchev–Trinajstić information content (AvgIpc) is 3.27. The fraction of sp³-hybridized carbons (Fsp3) is 0.296. The number of nitrogens with one attached hydrogen (secondary N) is 2. The minimum Gasteiger partial charge on any atom is -0.378 e. The third kappa shape index (κ3) is 8.86. The monoisotopic (exact) mass is 798 g/mol. The van der Waals surface area contributed by atoms with E-state index in [1.54, 1.807) is 0 Å². The van der Waals surface area contributed by atoms with E-state index in [1.165, 1.54) is 0 Å². The number of carbonyl (C=O) groups is 2. The van der Waals surface area contributed by atoms with E-state index >= 15 is 9.59 Å². The molecule has 6 aromatic carbocycles. The highest BCUT2D eigenvalue weighted by Crippen LogP contribution is 2.42. The van der Waals surface area contributed by atoms with Crippen molar-refractivity contribution in [1.82, 2.24) is 10.6 Å². The molecule has 7 rings (SSSR count). The molecule has 1 fully saturated rings. The van der Waals surface area contributed by atoms with Crippen molar-refractivity contribution in [3.63, 3.8) is 0 Å². The molecule has 1 aliphatic carbocycles. The van der Waals surface area contributed by atoms with Crippen molar-refractivity contribution in [3.8, 4) is 0 Å². The first kappa shape index (κ1) is 42.3. The quantitative estimate of drug-likeness (QED) is 0.0826. The smallest absolute Gasteiger partial charge is 0.236 e. The second-order valence-corrected chi connectivity index (χ2v) is 17.1. The molecule has 0 bridgehead atoms. The van der Waals surface area contributed by atoms with Crippen molar-refractivity contribution in [2.24, 2.45) is 5.41 Å². The number of aryl methyl sites for hydroxylation is 4. The maximum absolute atomic E-state index is 15.4. The number of hydrogen-bond acceptors (Lipinski definition) is 4. The summed E-state index contributed by atoms with van der Waals surface area (Å²) in [7, 11) is 0. The summed E-state index contributed by atoms with van der Waals surface area (Å²) in [6, 6.07) is 49.2. The summed E-state index contributed by atoms with van der Waals surface area (Å²) in [6.07, 6.45) is 3.56. The van der Waals surface area contributed by atoms with E-state index in [1.807, 2.05) is 185 Å². The Balaban J connectivity index is 1.32. The van der Waals surface area contributed by atoms with Crippen LogP contribution in [-0.4, -0.2) is 34.1 Å². The SMILES string of the molecule is Cc1ccc(C(O)(c2ccc(C)cc2)[C@@H](Cc2ccccc2)NC(=O)C2(C(=O)N[C@H](Cc3ccccc3)C(O)(c3ccc(C)cc3)c3ccc(C)cc3)CCCCC2)cc1. The Morgan fingerprint density at radius 3 is 1.03 bits per heavy atom. The lowest BCUT2D eigenvalue weighted by Gasteiger charge is -2.43. The van der Waals surface area contributed by atoms with Crippen LogP contribution in [-0.2, 0) is 33.6 Å². The molecule has 6 aromatic rings. The van der Waals surface area contributed by atoms with Gasteiger partial charge in [-0.1, -0.05) is 199 Å². The summed E-state index contributed by atoms with van der Waals surface area (Å²) in [6.45, 7) is 8.03. The van der Waals surface area contributed by atoms with Gasteiger partial charge in [0.25, 0.3) is 0 Å². The number of aliphatic hydroxyl groups is 2. The van der Waals surface area contributed by atoms with Gasteiger partial charge in [0.1, 0.15) is 16.6 Å². The van der Waals surface area contributed by atoms with Crippen LogP contribution in [0.15, 0.2) is 158 Å². The van der Waals surface area contributed by atoms with Gasteiger partial charge in [0.2, 0.25) is 11.8 Å². The Hall–Kier alpha value is -5.82. The van der Waals surface area contributed by atoms with Crippen molar-refractivity contribution in [2.75, 3.05) is 0 Å². The Morgan fingerprint density at radius 2 is 0.750 bits per heavy atom. The Bertz CT molecular complexity index is 2080. The standard InChI is InChI=1S/C54H58N2O4/c1-38-18-26-44(27-19-38)53(59,45-28-20-39(2)21-29-45)48(36-42-14-8-5-9-15-42)55-50(57)52(34-12-7-13-35-52)51(58)56-49(37-43-16-10-6-11-17-43)54(60,46-30-22-40(3)23-31-46)47-32-24-41(4)25-33-47/h5-6,8-11,14-33,48-49,59-60H,7,12-13,34-37H2,1-4H3,(H,55,57)(H,56,58)/t48-,49-/m1/s1. The molecule has 6 heteroatoms. The Labute approximate surface area is 355 Å². The zero-order chi connectivity index (χ0) is 42.3. The van der Waals surface area contributed by atoms with E-state index in [4.69, 9.17) is 0 Å². The minimum absolute atomic E-state index is 0.305. The van der Waals surface area contributed by atoms with Crippen LogP contribution >= 0.6 is 0 Å². The van der Waals surface area contributed by atoms with Crippen LogP contribution in [0.2, 0.25) is 0 Å². The highest BCUT2D eigenvalue weighted by molar-refractivity contribution is 6.05. The van der Waals surface area contributed by atoms with Gasteiger partial charge in [0, 0.05) is 0 Å². The molecule has 1 aliphatic rings. The normalized spacial score (nSPS) is 15.1. The third-order valence-electron chi connectivity index (χ3n) is 12.7. The number of amides is 2. The lowest BCUT2D eigenvalue weighted by Crippen LogP contribution is -2.62. The second kappa shape index (κ2) is 18.2. The molecular weight excluding hydrogens is 741 g/mol. The van der Waals surface area contributed by atoms with Gasteiger partial charge in [0.15, 0.2) is 0 Å². The first-order valence-electron chi connectivity index (χ1n) is 21.3. The number of carbonyl (C=O) groups excluding carboxylic acids is 2. The van der Waals surface area contributed by atoms with Crippen LogP contribution in [0.3, 0.4) is 0 Å². The molecule has 6 nitrogen and oxygen atoms in total. The van der Waals surface area contributed by atoms with Crippen molar-refractivity contribution in [1.29, 1.82) is 0 Å². The number of benzene rings is 6. The summed E-state index contributed by atoms with van der Waals surface area (Å²) < 4.78 is 0. The zero-order valence-electron chi connectivity index (χ0n) is 35.3. The van der Waals surface area contributed by atoms with Crippen LogP contribution in [0.1, 0.15) is 87.7 Å². The van der Waals surface area contributed by atoms with Crippen LogP contribution in [0.5, 0.6) is 0 Å². The van der Waals surface area contributed by atoms with Gasteiger partial charge in [0.05, 0.1) is 12.1 Å². The van der Waals surface area contributed by atoms with Gasteiger partial charge < -0.3 is 20.8 Å². The molecule has 2 amide bonds. The van der Waals surface area contributed by atoms with Crippen molar-refractivity contribution in [2.45, 2.75) is 95.9 Å². The summed E-state index contributed by atoms with van der Waals surface area (Å²) in [5, 5.41) is 33.3. The Morgan fingerprint density at radius 1 is 0.467 bits per heavy atom. The first-order chi connectivity index (χ1) is 28.9. The van der Waals surface area contributed by atoms with Gasteiger partial charge in [-0.15, -0.1) is 0 Å². The van der Waals surface area contributed by atoms with Crippen molar-refractivity contribution >= 4 is 11.8 Å². The largest absolute Gasteiger partial charge is 0.378 e. The van der Waals surface area contributed by atoms with Crippen LogP contribution in [0.25, 0.3) is 0 Å². The van der Waals surface area contributed by atoms with Crippen molar-refractivity contribution in [3.05, 3.63) is 213 Å². The molecule has 2 atom stereocenters. The Kier molecular flexibility index (Phi) is 12.8. The van der Waals surface area contributed by atoms with E-state index in [0.29, 0.717) is 60.8 Å². The topological polar surface area (TPSA) is 98.7 Å². The molecule has 0 heterocycles. The molecule has 0 saturated heterocycles. The van der Waals surface area contributed by atoms with E-state index in [2.05, 4.69) is 10.6 Å². The molecule has 0 aliphatic heterocycles. The summed E-state index contributed by atoms with van der Waals surface area (Å²) in [5.41, 5.74) is 3.85. The zero-order valence-corrected chi connectivity index (χ0v) is 35.3. The first-order valence-corrected chi connectivity index (χ1v) is 21.3. The second-order valence-electron chi connectivity index (χ2n) is 17.1. The van der Waals surface area contributed by atoms with Crippen LogP contribution in [0.4, 0.5) is 0 Å². The summed E-state index contributed by atoms with van der Waals surface area (Å²) in [4.78, 5) is 30.9. The van der Waals surface area contributed by atoms with Crippen molar-refractivity contribution < 1.29 is 19.8 Å². The predicted octanol–water partition coefficient (Wildman–Crippen LogP) is 9.50. The lowest BCUT2D eigenvalue weighted by atomic mass is 9.70. The van der Waals surface area contributed by atoms with Crippen LogP contribution in [0, 0.1) is 33.1 Å². The van der Waals surface area contributed by atoms with E-state index in [0.717, 1.165) is 39.8 Å². The third-order valence-corrected chi connectivity index (χ3v) is 12.7. The fourth-order valence-electron chi connectivity index (χ4n) is 8.98. The molecule has 0 aromatic heterocycles. The van der Waals surface area contributed by atoms with E-state index in [9.17, 15) is 10.2 Å². The van der Waals surface area contributed by atoms with E-state index < -0.39 is 40.5 Å². The van der Waals surface area contributed by atoms with Gasteiger partial charge >= 0.3 is 0 Å². The van der Waals surface area contributed by atoms with Gasteiger partial charge in [-0.25, -0.2) is 0 Å². The van der Waals surface area contributed by atoms with Gasteiger partial charge in [-0.05, 0) is 86.8 Å². The van der Waals surface area contributed by atoms with E-state index in [-0.39, 0.29) is 0 Å². The minimum atomic E-state index is -1.66. The summed E-state index contributed by atoms with van der Waals surface area (Å²) >= 11 is 0. The highest BCUT2D eigenvalue weighted by atomic mass is 16.3. The molecule has 308 valence electrons. The molecule has 60 heavy (non-hydrogen) atoms. The lowest BCUT2D eigenvalue weighted by molar-refractivity contribution is -0.149. The molecule has 4 N–H and O–H groups in total. The maximum Gasteiger partial charge on any atom is 0.236 e. The molecule has 0 unspecified atom stereocenters. The molecule has 1 saturated carbocycles. The predicted molar refractivity (Wildman–Crippen MR) is 240 cm³/mol. The molecule has 0 spiro atoms. The molecule has 0 radical (unpaired) electrons. The number of hydrogen-bond donors (Lipinski definition) is 4. The molecular formula is C54H58N2O4. The maximum atomic E-state index is 15.4.